The van der Waals surface area contributed by atoms with Gasteiger partial charge in [-0.25, -0.2) is 14.1 Å². The molecule has 1 saturated heterocycles. The Labute approximate surface area is 210 Å². The summed E-state index contributed by atoms with van der Waals surface area (Å²) in [6.45, 7) is 1.19. The van der Waals surface area contributed by atoms with E-state index in [4.69, 9.17) is 16.3 Å². The predicted octanol–water partition coefficient (Wildman–Crippen LogP) is 4.47. The smallest absolute Gasteiger partial charge is 0.335 e. The molecule has 36 heavy (non-hydrogen) atoms. The summed E-state index contributed by atoms with van der Waals surface area (Å²) in [7, 11) is 0. The maximum Gasteiger partial charge on any atom is 0.335 e. The Morgan fingerprint density at radius 3 is 2.56 bits per heavy atom. The second kappa shape index (κ2) is 10.4. The van der Waals surface area contributed by atoms with Crippen LogP contribution in [-0.2, 0) is 14.4 Å². The van der Waals surface area contributed by atoms with E-state index >= 15 is 0 Å². The first kappa shape index (κ1) is 24.6. The summed E-state index contributed by atoms with van der Waals surface area (Å²) in [5, 5.41) is 4.91. The van der Waals surface area contributed by atoms with Crippen LogP contribution in [0.1, 0.15) is 11.1 Å². The van der Waals surface area contributed by atoms with E-state index in [1.807, 2.05) is 0 Å². The Kier molecular flexibility index (Phi) is 7.12. The van der Waals surface area contributed by atoms with Gasteiger partial charge in [-0.15, -0.1) is 0 Å². The molecule has 10 heteroatoms. The van der Waals surface area contributed by atoms with E-state index < -0.39 is 36.2 Å². The molecule has 0 spiro atoms. The lowest BCUT2D eigenvalue weighted by Gasteiger charge is -2.27. The molecule has 0 atom stereocenters. The van der Waals surface area contributed by atoms with Crippen molar-refractivity contribution in [2.45, 2.75) is 6.92 Å². The number of barbiturate groups is 1. The van der Waals surface area contributed by atoms with Crippen LogP contribution in [0.15, 0.2) is 72.3 Å². The summed E-state index contributed by atoms with van der Waals surface area (Å²) >= 11 is 6.14. The second-order valence-electron chi connectivity index (χ2n) is 7.70. The number of carbonyl (C=O) groups is 4. The third-order valence-electron chi connectivity index (χ3n) is 5.31. The molecule has 5 amide bonds. The SMILES string of the molecule is Cc1c(Cl)cccc1N1C(=O)NC(=O)/C(=C/c2ccccc2OCC(=O)Nc2ccccc2F)C1=O. The first-order valence-corrected chi connectivity index (χ1v) is 11.1. The normalized spacial score (nSPS) is 14.6. The zero-order valence-corrected chi connectivity index (χ0v) is 19.6. The van der Waals surface area contributed by atoms with Crippen LogP contribution in [0.2, 0.25) is 5.02 Å². The topological polar surface area (TPSA) is 105 Å². The number of carbonyl (C=O) groups excluding carboxylic acids is 4. The second-order valence-corrected chi connectivity index (χ2v) is 8.10. The third-order valence-corrected chi connectivity index (χ3v) is 5.72. The summed E-state index contributed by atoms with van der Waals surface area (Å²) < 4.78 is 19.3. The molecule has 0 aromatic heterocycles. The molecular formula is C26H19ClFN3O5. The number of para-hydroxylation sites is 2. The van der Waals surface area contributed by atoms with Crippen LogP contribution < -0.4 is 20.3 Å². The molecule has 1 heterocycles. The van der Waals surface area contributed by atoms with Crippen molar-refractivity contribution < 1.29 is 28.3 Å². The van der Waals surface area contributed by atoms with Crippen molar-refractivity contribution in [3.05, 3.63) is 94.3 Å². The van der Waals surface area contributed by atoms with Crippen LogP contribution in [0.25, 0.3) is 6.08 Å². The Morgan fingerprint density at radius 2 is 1.78 bits per heavy atom. The number of benzene rings is 3. The zero-order chi connectivity index (χ0) is 25.8. The minimum absolute atomic E-state index is 0.00652. The van der Waals surface area contributed by atoms with Gasteiger partial charge in [-0.3, -0.25) is 19.7 Å². The van der Waals surface area contributed by atoms with Gasteiger partial charge in [0, 0.05) is 10.6 Å². The molecule has 0 saturated carbocycles. The van der Waals surface area contributed by atoms with Crippen LogP contribution in [-0.4, -0.2) is 30.4 Å². The van der Waals surface area contributed by atoms with Crippen molar-refractivity contribution in [2.75, 3.05) is 16.8 Å². The lowest BCUT2D eigenvalue weighted by Crippen LogP contribution is -2.54. The van der Waals surface area contributed by atoms with Crippen LogP contribution in [0.5, 0.6) is 5.75 Å². The van der Waals surface area contributed by atoms with Gasteiger partial charge in [-0.05, 0) is 48.9 Å². The molecule has 2 N–H and O–H groups in total. The molecule has 0 unspecified atom stereocenters. The summed E-state index contributed by atoms with van der Waals surface area (Å²) in [6.07, 6.45) is 1.26. The molecule has 3 aromatic carbocycles. The Bertz CT molecular complexity index is 1420. The van der Waals surface area contributed by atoms with Gasteiger partial charge in [0.25, 0.3) is 17.7 Å². The summed E-state index contributed by atoms with van der Waals surface area (Å²) in [6, 6.07) is 15.9. The van der Waals surface area contributed by atoms with Gasteiger partial charge in [0.05, 0.1) is 11.4 Å². The largest absolute Gasteiger partial charge is 0.483 e. The number of anilines is 2. The van der Waals surface area contributed by atoms with Crippen molar-refractivity contribution in [3.63, 3.8) is 0 Å². The average Bonchev–Trinajstić information content (AvgIpc) is 2.85. The van der Waals surface area contributed by atoms with Crippen molar-refractivity contribution in [1.29, 1.82) is 0 Å². The van der Waals surface area contributed by atoms with Crippen LogP contribution in [0.3, 0.4) is 0 Å². The fourth-order valence-corrected chi connectivity index (χ4v) is 3.66. The van der Waals surface area contributed by atoms with Crippen molar-refractivity contribution in [1.82, 2.24) is 5.32 Å². The highest BCUT2D eigenvalue weighted by atomic mass is 35.5. The van der Waals surface area contributed by atoms with Crippen molar-refractivity contribution in [2.24, 2.45) is 0 Å². The Hall–Kier alpha value is -4.50. The highest BCUT2D eigenvalue weighted by molar-refractivity contribution is 6.40. The molecule has 8 nitrogen and oxygen atoms in total. The number of imide groups is 2. The third kappa shape index (κ3) is 5.11. The van der Waals surface area contributed by atoms with E-state index in [0.717, 1.165) is 4.90 Å². The average molecular weight is 508 g/mol. The van der Waals surface area contributed by atoms with Crippen LogP contribution >= 0.6 is 11.6 Å². The number of hydrogen-bond donors (Lipinski definition) is 2. The lowest BCUT2D eigenvalue weighted by molar-refractivity contribution is -0.122. The maximum atomic E-state index is 13.8. The first-order chi connectivity index (χ1) is 17.3. The van der Waals surface area contributed by atoms with E-state index in [0.29, 0.717) is 16.1 Å². The maximum absolute atomic E-state index is 13.8. The molecule has 0 aliphatic carbocycles. The number of urea groups is 1. The summed E-state index contributed by atoms with van der Waals surface area (Å²) in [5.74, 6) is -2.74. The van der Waals surface area contributed by atoms with Gasteiger partial charge >= 0.3 is 6.03 Å². The van der Waals surface area contributed by atoms with Gasteiger partial charge < -0.3 is 10.1 Å². The van der Waals surface area contributed by atoms with E-state index in [2.05, 4.69) is 10.6 Å². The molecule has 1 aliphatic rings. The van der Waals surface area contributed by atoms with E-state index in [1.54, 1.807) is 43.3 Å². The Balaban J connectivity index is 1.58. The highest BCUT2D eigenvalue weighted by Crippen LogP contribution is 2.30. The molecule has 182 valence electrons. The summed E-state index contributed by atoms with van der Waals surface area (Å²) in [5.41, 5.74) is 0.721. The number of nitrogens with one attached hydrogen (secondary N) is 2. The molecule has 3 aromatic rings. The number of amides is 5. The summed E-state index contributed by atoms with van der Waals surface area (Å²) in [4.78, 5) is 51.3. The number of ether oxygens (including phenoxy) is 1. The number of nitrogens with zero attached hydrogens (tertiary/aromatic N) is 1. The van der Waals surface area contributed by atoms with E-state index in [-0.39, 0.29) is 22.7 Å². The Morgan fingerprint density at radius 1 is 1.06 bits per heavy atom. The minimum atomic E-state index is -0.901. The van der Waals surface area contributed by atoms with Gasteiger partial charge in [-0.1, -0.05) is 48.0 Å². The minimum Gasteiger partial charge on any atom is -0.483 e. The standard InChI is InChI=1S/C26H19ClFN3O5/c1-15-18(27)8-6-11-21(15)31-25(34)17(24(33)30-26(31)35)13-16-7-2-5-12-22(16)36-14-23(32)29-20-10-4-3-9-19(20)28/h2-13H,14H2,1H3,(H,29,32)(H,30,33,35)/b17-13-. The van der Waals surface area contributed by atoms with Gasteiger partial charge in [0.15, 0.2) is 6.61 Å². The zero-order valence-electron chi connectivity index (χ0n) is 18.9. The fourth-order valence-electron chi connectivity index (χ4n) is 3.49. The molecular weight excluding hydrogens is 489 g/mol. The first-order valence-electron chi connectivity index (χ1n) is 10.7. The number of halogens is 2. The van der Waals surface area contributed by atoms with Gasteiger partial charge in [-0.2, -0.15) is 0 Å². The van der Waals surface area contributed by atoms with Crippen molar-refractivity contribution >= 4 is 52.8 Å². The van der Waals surface area contributed by atoms with Crippen molar-refractivity contribution in [3.8, 4) is 5.75 Å². The quantitative estimate of drug-likeness (QED) is 0.378. The lowest BCUT2D eigenvalue weighted by atomic mass is 10.0. The number of rotatable bonds is 6. The molecule has 0 bridgehead atoms. The molecule has 0 radical (unpaired) electrons. The highest BCUT2D eigenvalue weighted by Gasteiger charge is 2.37. The molecule has 1 aliphatic heterocycles. The number of hydrogen-bond acceptors (Lipinski definition) is 5. The van der Waals surface area contributed by atoms with Crippen LogP contribution in [0.4, 0.5) is 20.6 Å². The van der Waals surface area contributed by atoms with Gasteiger partial charge in [0.1, 0.15) is 17.1 Å². The molecule has 1 fully saturated rings. The fraction of sp³-hybridized carbons (Fsp3) is 0.0769. The van der Waals surface area contributed by atoms with E-state index in [9.17, 15) is 23.6 Å². The molecule has 4 rings (SSSR count). The van der Waals surface area contributed by atoms with Gasteiger partial charge in [0.2, 0.25) is 0 Å². The van der Waals surface area contributed by atoms with Crippen LogP contribution in [0, 0.1) is 12.7 Å². The van der Waals surface area contributed by atoms with E-state index in [1.165, 1.54) is 36.4 Å². The predicted molar refractivity (Wildman–Crippen MR) is 132 cm³/mol. The monoisotopic (exact) mass is 507 g/mol.